The van der Waals surface area contributed by atoms with Crippen molar-refractivity contribution in [3.63, 3.8) is 0 Å². The van der Waals surface area contributed by atoms with E-state index in [-0.39, 0.29) is 6.92 Å². The molecular weight excluding hydrogens is 167 g/mol. The summed E-state index contributed by atoms with van der Waals surface area (Å²) in [6.07, 6.45) is 0.275. The second-order valence-corrected chi connectivity index (χ2v) is 3.15. The van der Waals surface area contributed by atoms with Crippen LogP contribution in [0.4, 0.5) is 13.2 Å². The number of piperidine rings is 1. The Labute approximate surface area is 71.6 Å². The minimum absolute atomic E-state index is 0.188. The van der Waals surface area contributed by atoms with Gasteiger partial charge >= 0.3 is 6.18 Å². The second-order valence-electron chi connectivity index (χ2n) is 3.15. The molecule has 0 N–H and O–H groups in total. The van der Waals surface area contributed by atoms with E-state index in [1.54, 1.807) is 0 Å². The molecule has 1 fully saturated rings. The molecule has 0 aromatic carbocycles. The fraction of sp³-hybridized carbons (Fsp3) is 1.00. The minimum atomic E-state index is -4.00. The Morgan fingerprint density at radius 2 is 1.33 bits per heavy atom. The van der Waals surface area contributed by atoms with Gasteiger partial charge in [0, 0.05) is 6.92 Å². The molecule has 1 aliphatic heterocycles. The van der Waals surface area contributed by atoms with Crippen molar-refractivity contribution >= 4 is 0 Å². The van der Waals surface area contributed by atoms with Crippen molar-refractivity contribution in [3.05, 3.63) is 0 Å². The average molecular weight is 183 g/mol. The molecule has 0 aromatic heterocycles. The van der Waals surface area contributed by atoms with Crippen LogP contribution < -0.4 is 0 Å². The van der Waals surface area contributed by atoms with Gasteiger partial charge in [0.1, 0.15) is 0 Å². The molecule has 4 heteroatoms. The van der Waals surface area contributed by atoms with Gasteiger partial charge in [0.2, 0.25) is 0 Å². The van der Waals surface area contributed by atoms with E-state index < -0.39 is 6.18 Å². The quantitative estimate of drug-likeness (QED) is 0.558. The normalized spacial score (nSPS) is 19.8. The number of alkyl halides is 3. The Kier molecular flexibility index (Phi) is 5.29. The molecule has 1 heterocycles. The van der Waals surface area contributed by atoms with E-state index in [4.69, 9.17) is 0 Å². The summed E-state index contributed by atoms with van der Waals surface area (Å²) >= 11 is 0. The molecule has 0 radical (unpaired) electrons. The number of halogens is 3. The predicted octanol–water partition coefficient (Wildman–Crippen LogP) is 2.67. The standard InChI is InChI=1S/C6H13N.C2H3F3/c1-7-5-3-2-4-6-7;1-2(3,4)5/h2-6H2,1H3;1H3. The third-order valence-electron chi connectivity index (χ3n) is 1.58. The molecule has 1 nitrogen and oxygen atoms in total. The third kappa shape index (κ3) is 12.4. The predicted molar refractivity (Wildman–Crippen MR) is 43.1 cm³/mol. The van der Waals surface area contributed by atoms with Crippen molar-refractivity contribution in [2.45, 2.75) is 32.4 Å². The molecule has 0 saturated carbocycles. The van der Waals surface area contributed by atoms with Gasteiger partial charge in [0.05, 0.1) is 0 Å². The fourth-order valence-electron chi connectivity index (χ4n) is 1.05. The smallest absolute Gasteiger partial charge is 0.306 e. The molecule has 1 saturated heterocycles. The highest BCUT2D eigenvalue weighted by atomic mass is 19.4. The van der Waals surface area contributed by atoms with E-state index >= 15 is 0 Å². The van der Waals surface area contributed by atoms with Crippen molar-refractivity contribution in [1.29, 1.82) is 0 Å². The first-order valence-corrected chi connectivity index (χ1v) is 4.15. The largest absolute Gasteiger partial charge is 0.386 e. The Morgan fingerprint density at radius 1 is 1.00 bits per heavy atom. The first-order valence-electron chi connectivity index (χ1n) is 4.15. The van der Waals surface area contributed by atoms with Gasteiger partial charge in [-0.15, -0.1) is 0 Å². The Morgan fingerprint density at radius 3 is 1.50 bits per heavy atom. The lowest BCUT2D eigenvalue weighted by atomic mass is 10.1. The molecule has 0 amide bonds. The zero-order valence-corrected chi connectivity index (χ0v) is 7.62. The molecular formula is C8H16F3N. The molecule has 1 rings (SSSR count). The van der Waals surface area contributed by atoms with Gasteiger partial charge in [-0.25, -0.2) is 0 Å². The van der Waals surface area contributed by atoms with E-state index in [0.29, 0.717) is 0 Å². The van der Waals surface area contributed by atoms with Crippen LogP contribution in [0.1, 0.15) is 26.2 Å². The monoisotopic (exact) mass is 183 g/mol. The summed E-state index contributed by atoms with van der Waals surface area (Å²) < 4.78 is 31.1. The molecule has 74 valence electrons. The average Bonchev–Trinajstić information content (AvgIpc) is 1.85. The van der Waals surface area contributed by atoms with Crippen LogP contribution in [0.5, 0.6) is 0 Å². The lowest BCUT2D eigenvalue weighted by Gasteiger charge is -2.20. The highest BCUT2D eigenvalue weighted by molar-refractivity contribution is 4.58. The fourth-order valence-corrected chi connectivity index (χ4v) is 1.05. The van der Waals surface area contributed by atoms with Gasteiger partial charge in [-0.2, -0.15) is 13.2 Å². The lowest BCUT2D eigenvalue weighted by Crippen LogP contribution is -2.24. The maximum atomic E-state index is 10.4. The van der Waals surface area contributed by atoms with Gasteiger partial charge in [0.25, 0.3) is 0 Å². The summed E-state index contributed by atoms with van der Waals surface area (Å²) in [4.78, 5) is 2.39. The van der Waals surface area contributed by atoms with Crippen molar-refractivity contribution in [2.24, 2.45) is 0 Å². The van der Waals surface area contributed by atoms with Crippen molar-refractivity contribution in [1.82, 2.24) is 4.90 Å². The molecule has 0 aliphatic carbocycles. The number of hydrogen-bond donors (Lipinski definition) is 0. The van der Waals surface area contributed by atoms with E-state index in [1.807, 2.05) is 0 Å². The van der Waals surface area contributed by atoms with Crippen LogP contribution >= 0.6 is 0 Å². The van der Waals surface area contributed by atoms with Crippen LogP contribution in [0.15, 0.2) is 0 Å². The SMILES string of the molecule is CC(F)(F)F.CN1CCCCC1. The lowest BCUT2D eigenvalue weighted by molar-refractivity contribution is -0.110. The molecule has 0 bridgehead atoms. The summed E-state index contributed by atoms with van der Waals surface area (Å²) in [7, 11) is 2.19. The number of hydrogen-bond acceptors (Lipinski definition) is 1. The van der Waals surface area contributed by atoms with Crippen LogP contribution in [0.2, 0.25) is 0 Å². The van der Waals surface area contributed by atoms with Crippen molar-refractivity contribution in [2.75, 3.05) is 20.1 Å². The van der Waals surface area contributed by atoms with Gasteiger partial charge in [-0.3, -0.25) is 0 Å². The highest BCUT2D eigenvalue weighted by Crippen LogP contribution is 2.10. The van der Waals surface area contributed by atoms with Crippen LogP contribution in [-0.2, 0) is 0 Å². The van der Waals surface area contributed by atoms with Crippen LogP contribution in [0.25, 0.3) is 0 Å². The molecule has 0 aromatic rings. The van der Waals surface area contributed by atoms with E-state index in [9.17, 15) is 13.2 Å². The molecule has 12 heavy (non-hydrogen) atoms. The second kappa shape index (κ2) is 5.41. The molecule has 1 aliphatic rings. The van der Waals surface area contributed by atoms with Crippen molar-refractivity contribution in [3.8, 4) is 0 Å². The Bertz CT molecular complexity index is 99.4. The molecule has 0 atom stereocenters. The zero-order chi connectivity index (χ0) is 9.61. The van der Waals surface area contributed by atoms with Gasteiger partial charge in [-0.05, 0) is 33.0 Å². The third-order valence-corrected chi connectivity index (χ3v) is 1.58. The first-order chi connectivity index (χ1) is 5.39. The number of rotatable bonds is 0. The van der Waals surface area contributed by atoms with Gasteiger partial charge in [-0.1, -0.05) is 6.42 Å². The molecule has 0 spiro atoms. The maximum Gasteiger partial charge on any atom is 0.386 e. The topological polar surface area (TPSA) is 3.24 Å². The summed E-state index contributed by atoms with van der Waals surface area (Å²) in [6, 6.07) is 0. The van der Waals surface area contributed by atoms with E-state index in [0.717, 1.165) is 0 Å². The van der Waals surface area contributed by atoms with Gasteiger partial charge < -0.3 is 4.90 Å². The number of nitrogens with zero attached hydrogens (tertiary/aromatic N) is 1. The van der Waals surface area contributed by atoms with Crippen LogP contribution in [-0.4, -0.2) is 31.2 Å². The molecule has 0 unspecified atom stereocenters. The van der Waals surface area contributed by atoms with E-state index in [2.05, 4.69) is 11.9 Å². The van der Waals surface area contributed by atoms with Crippen LogP contribution in [0, 0.1) is 0 Å². The Hall–Kier alpha value is -0.250. The van der Waals surface area contributed by atoms with Crippen LogP contribution in [0.3, 0.4) is 0 Å². The summed E-state index contributed by atoms with van der Waals surface area (Å²) in [6.45, 7) is 2.83. The van der Waals surface area contributed by atoms with Crippen molar-refractivity contribution < 1.29 is 13.2 Å². The minimum Gasteiger partial charge on any atom is -0.306 e. The summed E-state index contributed by atoms with van der Waals surface area (Å²) in [5.41, 5.74) is 0. The highest BCUT2D eigenvalue weighted by Gasteiger charge is 2.15. The Balaban J connectivity index is 0.000000217. The summed E-state index contributed by atoms with van der Waals surface area (Å²) in [5.74, 6) is 0. The van der Waals surface area contributed by atoms with Gasteiger partial charge in [0.15, 0.2) is 0 Å². The van der Waals surface area contributed by atoms with E-state index in [1.165, 1.54) is 32.4 Å². The number of likely N-dealkylation sites (tertiary alicyclic amines) is 1. The summed E-state index contributed by atoms with van der Waals surface area (Å²) in [5, 5.41) is 0. The first kappa shape index (κ1) is 11.8. The zero-order valence-electron chi connectivity index (χ0n) is 7.62. The maximum absolute atomic E-state index is 10.4.